The number of benzene rings is 2. The van der Waals surface area contributed by atoms with E-state index in [9.17, 15) is 4.79 Å². The largest absolute Gasteiger partial charge is 0.497 e. The van der Waals surface area contributed by atoms with Gasteiger partial charge in [-0.1, -0.05) is 27.5 Å². The molecule has 19 heavy (non-hydrogen) atoms. The summed E-state index contributed by atoms with van der Waals surface area (Å²) in [6, 6.07) is 12.2. The SMILES string of the molecule is COc1ccc(Cl)c(NC(=O)c2ccc(Br)cc2)c1. The monoisotopic (exact) mass is 339 g/mol. The summed E-state index contributed by atoms with van der Waals surface area (Å²) in [6.07, 6.45) is 0. The number of halogens is 2. The summed E-state index contributed by atoms with van der Waals surface area (Å²) in [4.78, 5) is 12.1. The maximum absolute atomic E-state index is 12.1. The molecule has 0 aliphatic heterocycles. The summed E-state index contributed by atoms with van der Waals surface area (Å²) in [5, 5.41) is 3.22. The normalized spacial score (nSPS) is 10.1. The molecule has 0 bridgehead atoms. The zero-order valence-corrected chi connectivity index (χ0v) is 12.5. The lowest BCUT2D eigenvalue weighted by Gasteiger charge is -2.09. The molecule has 2 aromatic rings. The van der Waals surface area contributed by atoms with Gasteiger partial charge < -0.3 is 10.1 Å². The topological polar surface area (TPSA) is 38.3 Å². The Balaban J connectivity index is 2.21. The third-order valence-electron chi connectivity index (χ3n) is 2.53. The van der Waals surface area contributed by atoms with E-state index in [1.807, 2.05) is 12.1 Å². The zero-order chi connectivity index (χ0) is 13.8. The molecule has 0 aliphatic rings. The van der Waals surface area contributed by atoms with Crippen molar-refractivity contribution in [2.75, 3.05) is 12.4 Å². The number of amides is 1. The van der Waals surface area contributed by atoms with Crippen LogP contribution in [0.3, 0.4) is 0 Å². The molecule has 0 radical (unpaired) electrons. The number of anilines is 1. The van der Waals surface area contributed by atoms with Gasteiger partial charge in [0.25, 0.3) is 5.91 Å². The molecule has 0 aromatic heterocycles. The smallest absolute Gasteiger partial charge is 0.255 e. The maximum Gasteiger partial charge on any atom is 0.255 e. The van der Waals surface area contributed by atoms with Crippen LogP contribution in [0.5, 0.6) is 5.75 Å². The van der Waals surface area contributed by atoms with Crippen LogP contribution in [0.15, 0.2) is 46.9 Å². The van der Waals surface area contributed by atoms with Gasteiger partial charge in [0.2, 0.25) is 0 Å². The minimum atomic E-state index is -0.220. The molecule has 0 saturated heterocycles. The molecule has 2 rings (SSSR count). The predicted molar refractivity (Wildman–Crippen MR) is 80.1 cm³/mol. The molecule has 1 N–H and O–H groups in total. The molecule has 1 amide bonds. The van der Waals surface area contributed by atoms with E-state index < -0.39 is 0 Å². The highest BCUT2D eigenvalue weighted by Gasteiger charge is 2.09. The van der Waals surface area contributed by atoms with Gasteiger partial charge in [-0.2, -0.15) is 0 Å². The van der Waals surface area contributed by atoms with Gasteiger partial charge in [-0.05, 0) is 36.4 Å². The van der Waals surface area contributed by atoms with Crippen molar-refractivity contribution < 1.29 is 9.53 Å². The van der Waals surface area contributed by atoms with Gasteiger partial charge in [0.15, 0.2) is 0 Å². The van der Waals surface area contributed by atoms with E-state index in [2.05, 4.69) is 21.2 Å². The Kier molecular flexibility index (Phi) is 4.45. The van der Waals surface area contributed by atoms with E-state index in [1.54, 1.807) is 37.4 Å². The third-order valence-corrected chi connectivity index (χ3v) is 3.39. The number of carbonyl (C=O) groups excluding carboxylic acids is 1. The fourth-order valence-corrected chi connectivity index (χ4v) is 1.95. The van der Waals surface area contributed by atoms with Crippen LogP contribution in [-0.4, -0.2) is 13.0 Å². The molecule has 0 fully saturated rings. The number of methoxy groups -OCH3 is 1. The van der Waals surface area contributed by atoms with E-state index in [0.29, 0.717) is 22.0 Å². The van der Waals surface area contributed by atoms with E-state index >= 15 is 0 Å². The Morgan fingerprint density at radius 1 is 1.21 bits per heavy atom. The van der Waals surface area contributed by atoms with Crippen LogP contribution in [0.2, 0.25) is 5.02 Å². The first kappa shape index (κ1) is 13.9. The van der Waals surface area contributed by atoms with Crippen LogP contribution >= 0.6 is 27.5 Å². The number of rotatable bonds is 3. The number of hydrogen-bond acceptors (Lipinski definition) is 2. The summed E-state index contributed by atoms with van der Waals surface area (Å²) in [7, 11) is 1.56. The molecule has 5 heteroatoms. The molecule has 0 heterocycles. The summed E-state index contributed by atoms with van der Waals surface area (Å²) in [5.74, 6) is 0.415. The van der Waals surface area contributed by atoms with Crippen LogP contribution < -0.4 is 10.1 Å². The Bertz CT molecular complexity index is 599. The Morgan fingerprint density at radius 3 is 2.53 bits per heavy atom. The molecule has 0 aliphatic carbocycles. The van der Waals surface area contributed by atoms with Crippen LogP contribution in [0.4, 0.5) is 5.69 Å². The predicted octanol–water partition coefficient (Wildman–Crippen LogP) is 4.36. The fourth-order valence-electron chi connectivity index (χ4n) is 1.52. The van der Waals surface area contributed by atoms with Crippen molar-refractivity contribution in [1.29, 1.82) is 0 Å². The second-order valence-corrected chi connectivity index (χ2v) is 5.13. The number of carbonyl (C=O) groups is 1. The van der Waals surface area contributed by atoms with E-state index in [0.717, 1.165) is 4.47 Å². The first-order valence-electron chi connectivity index (χ1n) is 5.50. The number of nitrogens with one attached hydrogen (secondary N) is 1. The van der Waals surface area contributed by atoms with E-state index in [4.69, 9.17) is 16.3 Å². The molecular formula is C14H11BrClNO2. The van der Waals surface area contributed by atoms with Crippen LogP contribution in [-0.2, 0) is 0 Å². The molecule has 0 atom stereocenters. The standard InChI is InChI=1S/C14H11BrClNO2/c1-19-11-6-7-12(16)13(8-11)17-14(18)9-2-4-10(15)5-3-9/h2-8H,1H3,(H,17,18). The van der Waals surface area contributed by atoms with Crippen molar-refractivity contribution in [3.05, 3.63) is 57.5 Å². The van der Waals surface area contributed by atoms with Gasteiger partial charge in [-0.3, -0.25) is 4.79 Å². The highest BCUT2D eigenvalue weighted by Crippen LogP contribution is 2.27. The molecule has 2 aromatic carbocycles. The number of hydrogen-bond donors (Lipinski definition) is 1. The molecule has 3 nitrogen and oxygen atoms in total. The van der Waals surface area contributed by atoms with E-state index in [-0.39, 0.29) is 5.91 Å². The van der Waals surface area contributed by atoms with Crippen molar-refractivity contribution in [2.45, 2.75) is 0 Å². The van der Waals surface area contributed by atoms with Gasteiger partial charge in [0, 0.05) is 16.1 Å². The average Bonchev–Trinajstić information content (AvgIpc) is 2.42. The van der Waals surface area contributed by atoms with E-state index in [1.165, 1.54) is 0 Å². The van der Waals surface area contributed by atoms with Crippen molar-refractivity contribution in [3.8, 4) is 5.75 Å². The zero-order valence-electron chi connectivity index (χ0n) is 10.1. The van der Waals surface area contributed by atoms with Crippen molar-refractivity contribution in [1.82, 2.24) is 0 Å². The third kappa shape index (κ3) is 3.49. The second-order valence-electron chi connectivity index (χ2n) is 3.81. The Hall–Kier alpha value is -1.52. The summed E-state index contributed by atoms with van der Waals surface area (Å²) in [6.45, 7) is 0. The van der Waals surface area contributed by atoms with Gasteiger partial charge in [-0.15, -0.1) is 0 Å². The number of ether oxygens (including phenoxy) is 1. The van der Waals surface area contributed by atoms with Crippen molar-refractivity contribution >= 4 is 39.1 Å². The van der Waals surface area contributed by atoms with Gasteiger partial charge in [-0.25, -0.2) is 0 Å². The lowest BCUT2D eigenvalue weighted by molar-refractivity contribution is 0.102. The molecule has 0 unspecified atom stereocenters. The average molecular weight is 341 g/mol. The molecule has 0 saturated carbocycles. The second kappa shape index (κ2) is 6.08. The maximum atomic E-state index is 12.1. The van der Waals surface area contributed by atoms with Crippen LogP contribution in [0.1, 0.15) is 10.4 Å². The summed E-state index contributed by atoms with van der Waals surface area (Å²) >= 11 is 9.35. The summed E-state index contributed by atoms with van der Waals surface area (Å²) < 4.78 is 6.02. The van der Waals surface area contributed by atoms with Gasteiger partial charge >= 0.3 is 0 Å². The minimum absolute atomic E-state index is 0.220. The van der Waals surface area contributed by atoms with Crippen molar-refractivity contribution in [3.63, 3.8) is 0 Å². The van der Waals surface area contributed by atoms with Crippen LogP contribution in [0.25, 0.3) is 0 Å². The Labute approximate surface area is 124 Å². The Morgan fingerprint density at radius 2 is 1.89 bits per heavy atom. The van der Waals surface area contributed by atoms with Crippen LogP contribution in [0, 0.1) is 0 Å². The molecule has 0 spiro atoms. The minimum Gasteiger partial charge on any atom is -0.497 e. The molecular weight excluding hydrogens is 330 g/mol. The first-order valence-corrected chi connectivity index (χ1v) is 6.67. The molecule has 98 valence electrons. The highest BCUT2D eigenvalue weighted by atomic mass is 79.9. The van der Waals surface area contributed by atoms with Gasteiger partial charge in [0.1, 0.15) is 5.75 Å². The first-order chi connectivity index (χ1) is 9.10. The highest BCUT2D eigenvalue weighted by molar-refractivity contribution is 9.10. The quantitative estimate of drug-likeness (QED) is 0.901. The summed E-state index contributed by atoms with van der Waals surface area (Å²) in [5.41, 5.74) is 1.08. The fraction of sp³-hybridized carbons (Fsp3) is 0.0714. The van der Waals surface area contributed by atoms with Crippen molar-refractivity contribution in [2.24, 2.45) is 0 Å². The lowest BCUT2D eigenvalue weighted by Crippen LogP contribution is -2.12. The van der Waals surface area contributed by atoms with Gasteiger partial charge in [0.05, 0.1) is 17.8 Å². The lowest BCUT2D eigenvalue weighted by atomic mass is 10.2.